The molecular weight excluding hydrogens is 286 g/mol. The topological polar surface area (TPSA) is 87.7 Å². The lowest BCUT2D eigenvalue weighted by molar-refractivity contribution is -0.141. The minimum absolute atomic E-state index is 0.202. The first kappa shape index (κ1) is 15.8. The van der Waals surface area contributed by atoms with Crippen LogP contribution in [0.2, 0.25) is 0 Å². The Kier molecular flexibility index (Phi) is 5.35. The number of methoxy groups -OCH3 is 1. The predicted molar refractivity (Wildman–Crippen MR) is 78.8 cm³/mol. The standard InChI is InChI=1S/C15H19N3O4/c1-22-13(19)9-17-14(20)12-7-8-16-15(21)18(12)10-11-5-3-2-4-6-11/h2-6,12H,7-10H2,1H3,(H,16,21)(H,17,20). The first-order valence-electron chi connectivity index (χ1n) is 7.04. The van der Waals surface area contributed by atoms with E-state index in [1.54, 1.807) is 0 Å². The average molecular weight is 305 g/mol. The van der Waals surface area contributed by atoms with Crippen LogP contribution in [0, 0.1) is 0 Å². The molecule has 0 saturated carbocycles. The Morgan fingerprint density at radius 1 is 1.36 bits per heavy atom. The minimum Gasteiger partial charge on any atom is -0.468 e. The third-order valence-corrected chi connectivity index (χ3v) is 3.46. The molecule has 7 nitrogen and oxygen atoms in total. The molecule has 0 bridgehead atoms. The minimum atomic E-state index is -0.599. The highest BCUT2D eigenvalue weighted by Gasteiger charge is 2.33. The molecule has 0 aromatic heterocycles. The highest BCUT2D eigenvalue weighted by molar-refractivity contribution is 5.90. The first-order chi connectivity index (χ1) is 10.6. The van der Waals surface area contributed by atoms with E-state index in [-0.39, 0.29) is 18.5 Å². The summed E-state index contributed by atoms with van der Waals surface area (Å²) in [5, 5.41) is 5.23. The largest absolute Gasteiger partial charge is 0.468 e. The maximum absolute atomic E-state index is 12.2. The summed E-state index contributed by atoms with van der Waals surface area (Å²) >= 11 is 0. The zero-order valence-electron chi connectivity index (χ0n) is 12.4. The van der Waals surface area contributed by atoms with Crippen molar-refractivity contribution in [3.63, 3.8) is 0 Å². The molecule has 0 radical (unpaired) electrons. The molecule has 22 heavy (non-hydrogen) atoms. The Hall–Kier alpha value is -2.57. The second-order valence-electron chi connectivity index (χ2n) is 4.94. The van der Waals surface area contributed by atoms with E-state index in [9.17, 15) is 14.4 Å². The molecule has 7 heteroatoms. The Labute approximate surface area is 128 Å². The molecule has 1 fully saturated rings. The van der Waals surface area contributed by atoms with Gasteiger partial charge in [0.1, 0.15) is 12.6 Å². The molecule has 1 aliphatic heterocycles. The highest BCUT2D eigenvalue weighted by Crippen LogP contribution is 2.14. The highest BCUT2D eigenvalue weighted by atomic mass is 16.5. The van der Waals surface area contributed by atoms with Crippen LogP contribution in [-0.2, 0) is 20.9 Å². The Morgan fingerprint density at radius 3 is 2.77 bits per heavy atom. The zero-order chi connectivity index (χ0) is 15.9. The van der Waals surface area contributed by atoms with Crippen molar-refractivity contribution in [3.05, 3.63) is 35.9 Å². The van der Waals surface area contributed by atoms with E-state index in [4.69, 9.17) is 0 Å². The van der Waals surface area contributed by atoms with E-state index in [0.717, 1.165) is 5.56 Å². The van der Waals surface area contributed by atoms with Gasteiger partial charge >= 0.3 is 12.0 Å². The summed E-state index contributed by atoms with van der Waals surface area (Å²) in [5.41, 5.74) is 0.935. The summed E-state index contributed by atoms with van der Waals surface area (Å²) in [6, 6.07) is 8.55. The fraction of sp³-hybridized carbons (Fsp3) is 0.400. The van der Waals surface area contributed by atoms with Crippen molar-refractivity contribution < 1.29 is 19.1 Å². The quantitative estimate of drug-likeness (QED) is 0.764. The number of hydrogen-bond acceptors (Lipinski definition) is 4. The summed E-state index contributed by atoms with van der Waals surface area (Å²) < 4.78 is 4.49. The van der Waals surface area contributed by atoms with Gasteiger partial charge in [-0.3, -0.25) is 9.59 Å². The summed E-state index contributed by atoms with van der Waals surface area (Å²) in [5.74, 6) is -0.876. The zero-order valence-corrected chi connectivity index (χ0v) is 12.4. The number of carbonyl (C=O) groups is 3. The van der Waals surface area contributed by atoms with Crippen molar-refractivity contribution in [1.29, 1.82) is 0 Å². The van der Waals surface area contributed by atoms with Crippen LogP contribution in [0.15, 0.2) is 30.3 Å². The van der Waals surface area contributed by atoms with Crippen molar-refractivity contribution in [2.75, 3.05) is 20.2 Å². The fourth-order valence-electron chi connectivity index (χ4n) is 2.30. The number of esters is 1. The van der Waals surface area contributed by atoms with Gasteiger partial charge in [-0.05, 0) is 12.0 Å². The van der Waals surface area contributed by atoms with Crippen LogP contribution in [0.1, 0.15) is 12.0 Å². The van der Waals surface area contributed by atoms with Gasteiger partial charge in [0.2, 0.25) is 5.91 Å². The van der Waals surface area contributed by atoms with Gasteiger partial charge in [0, 0.05) is 13.1 Å². The van der Waals surface area contributed by atoms with E-state index >= 15 is 0 Å². The SMILES string of the molecule is COC(=O)CNC(=O)C1CCNC(=O)N1Cc1ccccc1. The van der Waals surface area contributed by atoms with Crippen molar-refractivity contribution in [1.82, 2.24) is 15.5 Å². The van der Waals surface area contributed by atoms with E-state index in [1.165, 1.54) is 12.0 Å². The van der Waals surface area contributed by atoms with E-state index in [1.807, 2.05) is 30.3 Å². The van der Waals surface area contributed by atoms with Crippen LogP contribution in [-0.4, -0.2) is 49.0 Å². The van der Waals surface area contributed by atoms with Crippen LogP contribution in [0.4, 0.5) is 4.79 Å². The molecule has 1 heterocycles. The number of urea groups is 1. The number of hydrogen-bond donors (Lipinski definition) is 2. The van der Waals surface area contributed by atoms with Crippen molar-refractivity contribution >= 4 is 17.9 Å². The monoisotopic (exact) mass is 305 g/mol. The molecule has 1 aromatic rings. The van der Waals surface area contributed by atoms with Crippen LogP contribution < -0.4 is 10.6 Å². The van der Waals surface area contributed by atoms with Gasteiger partial charge in [0.15, 0.2) is 0 Å². The average Bonchev–Trinajstić information content (AvgIpc) is 2.55. The number of nitrogens with zero attached hydrogens (tertiary/aromatic N) is 1. The van der Waals surface area contributed by atoms with Crippen LogP contribution in [0.5, 0.6) is 0 Å². The van der Waals surface area contributed by atoms with Crippen molar-refractivity contribution in [2.24, 2.45) is 0 Å². The van der Waals surface area contributed by atoms with Gasteiger partial charge < -0.3 is 20.3 Å². The van der Waals surface area contributed by atoms with Gasteiger partial charge in [-0.25, -0.2) is 4.79 Å². The number of rotatable bonds is 5. The Bertz CT molecular complexity index is 547. The summed E-state index contributed by atoms with van der Waals surface area (Å²) in [6.45, 7) is 0.566. The lowest BCUT2D eigenvalue weighted by Crippen LogP contribution is -2.57. The number of nitrogens with one attached hydrogen (secondary N) is 2. The van der Waals surface area contributed by atoms with E-state index < -0.39 is 12.0 Å². The van der Waals surface area contributed by atoms with E-state index in [2.05, 4.69) is 15.4 Å². The van der Waals surface area contributed by atoms with Crippen LogP contribution in [0.3, 0.4) is 0 Å². The summed E-state index contributed by atoms with van der Waals surface area (Å²) in [7, 11) is 1.25. The van der Waals surface area contributed by atoms with Crippen molar-refractivity contribution in [3.8, 4) is 0 Å². The van der Waals surface area contributed by atoms with Gasteiger partial charge in [-0.2, -0.15) is 0 Å². The molecule has 1 aromatic carbocycles. The molecule has 118 valence electrons. The van der Waals surface area contributed by atoms with Crippen LogP contribution >= 0.6 is 0 Å². The Balaban J connectivity index is 2.04. The third-order valence-electron chi connectivity index (χ3n) is 3.46. The number of carbonyl (C=O) groups excluding carboxylic acids is 3. The molecule has 1 aliphatic rings. The Morgan fingerprint density at radius 2 is 2.09 bits per heavy atom. The molecule has 1 atom stereocenters. The van der Waals surface area contributed by atoms with Gasteiger partial charge in [-0.1, -0.05) is 30.3 Å². The smallest absolute Gasteiger partial charge is 0.325 e. The van der Waals surface area contributed by atoms with E-state index in [0.29, 0.717) is 19.5 Å². The molecule has 0 spiro atoms. The molecular formula is C15H19N3O4. The van der Waals surface area contributed by atoms with Crippen LogP contribution in [0.25, 0.3) is 0 Å². The number of amides is 3. The molecule has 1 unspecified atom stereocenters. The molecule has 3 amide bonds. The summed E-state index contributed by atoms with van der Waals surface area (Å²) in [6.07, 6.45) is 0.492. The lowest BCUT2D eigenvalue weighted by Gasteiger charge is -2.35. The normalized spacial score (nSPS) is 17.6. The molecule has 1 saturated heterocycles. The number of ether oxygens (including phenoxy) is 1. The number of benzene rings is 1. The summed E-state index contributed by atoms with van der Waals surface area (Å²) in [4.78, 5) is 36.9. The maximum Gasteiger partial charge on any atom is 0.325 e. The second-order valence-corrected chi connectivity index (χ2v) is 4.94. The molecule has 2 N–H and O–H groups in total. The predicted octanol–water partition coefficient (Wildman–Crippen LogP) is 0.260. The van der Waals surface area contributed by atoms with Gasteiger partial charge in [0.05, 0.1) is 7.11 Å². The second kappa shape index (κ2) is 7.44. The van der Waals surface area contributed by atoms with Gasteiger partial charge in [0.25, 0.3) is 0 Å². The van der Waals surface area contributed by atoms with Crippen molar-refractivity contribution in [2.45, 2.75) is 19.0 Å². The molecule has 0 aliphatic carbocycles. The fourth-order valence-corrected chi connectivity index (χ4v) is 2.30. The van der Waals surface area contributed by atoms with Gasteiger partial charge in [-0.15, -0.1) is 0 Å². The maximum atomic E-state index is 12.2. The third kappa shape index (κ3) is 3.97. The molecule has 2 rings (SSSR count). The first-order valence-corrected chi connectivity index (χ1v) is 7.04. The lowest BCUT2D eigenvalue weighted by atomic mass is 10.1.